The van der Waals surface area contributed by atoms with Crippen molar-refractivity contribution in [2.24, 2.45) is 0 Å². The molecule has 2 amide bonds. The normalized spacial score (nSPS) is 14.4. The second kappa shape index (κ2) is 6.86. The monoisotopic (exact) mass is 340 g/mol. The third kappa shape index (κ3) is 3.44. The standard InChI is InChI=1S/C19H17FN2O3/c1-12-15-4-2-3-5-16(15)19(25)22(12)11-18(24)21-10-17(23)13-6-8-14(20)9-7-13/h2-9,17,23H,1,10-11H2,(H,21,24). The summed E-state index contributed by atoms with van der Waals surface area (Å²) in [4.78, 5) is 25.8. The lowest BCUT2D eigenvalue weighted by atomic mass is 10.1. The van der Waals surface area contributed by atoms with Gasteiger partial charge in [0, 0.05) is 23.4 Å². The highest BCUT2D eigenvalue weighted by Crippen LogP contribution is 2.30. The molecule has 0 radical (unpaired) electrons. The van der Waals surface area contributed by atoms with E-state index in [2.05, 4.69) is 11.9 Å². The molecule has 2 N–H and O–H groups in total. The molecule has 128 valence electrons. The van der Waals surface area contributed by atoms with Gasteiger partial charge >= 0.3 is 0 Å². The number of nitrogens with zero attached hydrogens (tertiary/aromatic N) is 1. The van der Waals surface area contributed by atoms with Crippen LogP contribution < -0.4 is 5.32 Å². The van der Waals surface area contributed by atoms with Crippen molar-refractivity contribution >= 4 is 17.5 Å². The molecule has 2 aromatic carbocycles. The van der Waals surface area contributed by atoms with Crippen molar-refractivity contribution in [3.05, 3.63) is 77.6 Å². The molecule has 25 heavy (non-hydrogen) atoms. The molecule has 0 saturated heterocycles. The maximum Gasteiger partial charge on any atom is 0.259 e. The number of fused-ring (bicyclic) bond motifs is 1. The van der Waals surface area contributed by atoms with Crippen LogP contribution in [-0.2, 0) is 4.79 Å². The van der Waals surface area contributed by atoms with Crippen LogP contribution in [0.25, 0.3) is 5.70 Å². The van der Waals surface area contributed by atoms with E-state index in [0.29, 0.717) is 22.4 Å². The molecule has 1 atom stereocenters. The van der Waals surface area contributed by atoms with Gasteiger partial charge < -0.3 is 10.4 Å². The third-order valence-electron chi connectivity index (χ3n) is 4.09. The van der Waals surface area contributed by atoms with Crippen molar-refractivity contribution in [1.82, 2.24) is 10.2 Å². The van der Waals surface area contributed by atoms with E-state index in [9.17, 15) is 19.1 Å². The number of rotatable bonds is 5. The Balaban J connectivity index is 1.57. The number of nitrogens with one attached hydrogen (secondary N) is 1. The largest absolute Gasteiger partial charge is 0.387 e. The Hall–Kier alpha value is -2.99. The molecule has 0 fully saturated rings. The van der Waals surface area contributed by atoms with E-state index in [4.69, 9.17) is 0 Å². The minimum Gasteiger partial charge on any atom is -0.387 e. The Morgan fingerprint density at radius 1 is 1.16 bits per heavy atom. The molecule has 0 bridgehead atoms. The van der Waals surface area contributed by atoms with Gasteiger partial charge in [-0.25, -0.2) is 4.39 Å². The Bertz CT molecular complexity index is 798. The predicted octanol–water partition coefficient (Wildman–Crippen LogP) is 2.10. The lowest BCUT2D eigenvalue weighted by Crippen LogP contribution is -2.38. The van der Waals surface area contributed by atoms with Crippen molar-refractivity contribution in [2.45, 2.75) is 6.10 Å². The average Bonchev–Trinajstić information content (AvgIpc) is 2.86. The summed E-state index contributed by atoms with van der Waals surface area (Å²) in [6, 6.07) is 12.4. The summed E-state index contributed by atoms with van der Waals surface area (Å²) < 4.78 is 12.9. The predicted molar refractivity (Wildman–Crippen MR) is 90.9 cm³/mol. The first kappa shape index (κ1) is 16.9. The second-order valence-electron chi connectivity index (χ2n) is 5.76. The Morgan fingerprint density at radius 2 is 1.80 bits per heavy atom. The van der Waals surface area contributed by atoms with Gasteiger partial charge in [0.25, 0.3) is 5.91 Å². The second-order valence-corrected chi connectivity index (χ2v) is 5.76. The van der Waals surface area contributed by atoms with Crippen LogP contribution in [-0.4, -0.2) is 34.9 Å². The van der Waals surface area contributed by atoms with Gasteiger partial charge in [-0.1, -0.05) is 36.9 Å². The first-order valence-electron chi connectivity index (χ1n) is 7.78. The van der Waals surface area contributed by atoms with Crippen molar-refractivity contribution in [3.63, 3.8) is 0 Å². The van der Waals surface area contributed by atoms with Crippen LogP contribution in [0.4, 0.5) is 4.39 Å². The van der Waals surface area contributed by atoms with Crippen LogP contribution in [0.3, 0.4) is 0 Å². The average molecular weight is 340 g/mol. The zero-order valence-electron chi connectivity index (χ0n) is 13.4. The molecular weight excluding hydrogens is 323 g/mol. The minimum absolute atomic E-state index is 0.0358. The summed E-state index contributed by atoms with van der Waals surface area (Å²) in [5.41, 5.74) is 2.21. The minimum atomic E-state index is -0.959. The van der Waals surface area contributed by atoms with Gasteiger partial charge in [0.15, 0.2) is 0 Å². The lowest BCUT2D eigenvalue weighted by molar-refractivity contribution is -0.121. The van der Waals surface area contributed by atoms with E-state index in [1.807, 2.05) is 0 Å². The first-order chi connectivity index (χ1) is 12.0. The highest BCUT2D eigenvalue weighted by molar-refractivity contribution is 6.10. The van der Waals surface area contributed by atoms with E-state index < -0.39 is 17.8 Å². The zero-order valence-corrected chi connectivity index (χ0v) is 13.4. The summed E-state index contributed by atoms with van der Waals surface area (Å²) in [5.74, 6) is -1.08. The van der Waals surface area contributed by atoms with Gasteiger partial charge in [0.2, 0.25) is 5.91 Å². The first-order valence-corrected chi connectivity index (χ1v) is 7.78. The van der Waals surface area contributed by atoms with E-state index in [1.165, 1.54) is 29.2 Å². The topological polar surface area (TPSA) is 69.6 Å². The number of benzene rings is 2. The number of halogens is 1. The molecule has 5 nitrogen and oxygen atoms in total. The fraction of sp³-hybridized carbons (Fsp3) is 0.158. The van der Waals surface area contributed by atoms with Crippen molar-refractivity contribution < 1.29 is 19.1 Å². The molecule has 3 rings (SSSR count). The van der Waals surface area contributed by atoms with E-state index >= 15 is 0 Å². The highest BCUT2D eigenvalue weighted by atomic mass is 19.1. The number of aliphatic hydroxyl groups excluding tert-OH is 1. The Kier molecular flexibility index (Phi) is 4.63. The SMILES string of the molecule is C=C1c2ccccc2C(=O)N1CC(=O)NCC(O)c1ccc(F)cc1. The fourth-order valence-electron chi connectivity index (χ4n) is 2.71. The molecule has 1 aliphatic heterocycles. The number of amides is 2. The van der Waals surface area contributed by atoms with Crippen molar-refractivity contribution in [3.8, 4) is 0 Å². The van der Waals surface area contributed by atoms with Gasteiger partial charge in [-0.3, -0.25) is 14.5 Å². The summed E-state index contributed by atoms with van der Waals surface area (Å²) in [5, 5.41) is 12.6. The summed E-state index contributed by atoms with van der Waals surface area (Å²) in [6.07, 6.45) is -0.959. The van der Waals surface area contributed by atoms with Gasteiger partial charge in [0.05, 0.1) is 6.10 Å². The molecule has 6 heteroatoms. The van der Waals surface area contributed by atoms with Crippen LogP contribution in [0.1, 0.15) is 27.6 Å². The van der Waals surface area contributed by atoms with Gasteiger partial charge in [0.1, 0.15) is 12.4 Å². The number of carbonyl (C=O) groups excluding carboxylic acids is 2. The van der Waals surface area contributed by atoms with Crippen molar-refractivity contribution in [2.75, 3.05) is 13.1 Å². The maximum atomic E-state index is 12.9. The number of carbonyl (C=O) groups is 2. The number of aliphatic hydroxyl groups is 1. The molecule has 0 saturated carbocycles. The summed E-state index contributed by atoms with van der Waals surface area (Å²) in [7, 11) is 0. The molecule has 1 unspecified atom stereocenters. The quantitative estimate of drug-likeness (QED) is 0.876. The smallest absolute Gasteiger partial charge is 0.259 e. The number of hydrogen-bond acceptors (Lipinski definition) is 3. The van der Waals surface area contributed by atoms with Crippen LogP contribution in [0.2, 0.25) is 0 Å². The number of hydrogen-bond donors (Lipinski definition) is 2. The van der Waals surface area contributed by atoms with E-state index in [0.717, 1.165) is 0 Å². The third-order valence-corrected chi connectivity index (χ3v) is 4.09. The van der Waals surface area contributed by atoms with Crippen LogP contribution in [0, 0.1) is 5.82 Å². The molecular formula is C19H17FN2O3. The molecule has 0 aromatic heterocycles. The highest BCUT2D eigenvalue weighted by Gasteiger charge is 2.31. The fourth-order valence-corrected chi connectivity index (χ4v) is 2.71. The van der Waals surface area contributed by atoms with E-state index in [-0.39, 0.29) is 19.0 Å². The Labute approximate surface area is 144 Å². The maximum absolute atomic E-state index is 12.9. The molecule has 2 aromatic rings. The van der Waals surface area contributed by atoms with Gasteiger partial charge in [-0.2, -0.15) is 0 Å². The van der Waals surface area contributed by atoms with Gasteiger partial charge in [-0.15, -0.1) is 0 Å². The van der Waals surface area contributed by atoms with E-state index in [1.54, 1.807) is 24.3 Å². The van der Waals surface area contributed by atoms with Crippen LogP contribution in [0.15, 0.2) is 55.1 Å². The molecule has 0 spiro atoms. The van der Waals surface area contributed by atoms with Crippen molar-refractivity contribution in [1.29, 1.82) is 0 Å². The summed E-state index contributed by atoms with van der Waals surface area (Å²) >= 11 is 0. The van der Waals surface area contributed by atoms with Crippen LogP contribution in [0.5, 0.6) is 0 Å². The molecule has 0 aliphatic carbocycles. The Morgan fingerprint density at radius 3 is 2.44 bits per heavy atom. The lowest BCUT2D eigenvalue weighted by Gasteiger charge is -2.18. The summed E-state index contributed by atoms with van der Waals surface area (Å²) in [6.45, 7) is 3.66. The zero-order chi connectivity index (χ0) is 18.0. The molecule has 1 heterocycles. The molecule has 1 aliphatic rings. The van der Waals surface area contributed by atoms with Gasteiger partial charge in [-0.05, 0) is 23.8 Å². The van der Waals surface area contributed by atoms with Crippen LogP contribution >= 0.6 is 0 Å².